The normalized spacial score (nSPS) is 10.5. The Morgan fingerprint density at radius 3 is 2.39 bits per heavy atom. The Bertz CT molecular complexity index is 478. The van der Waals surface area contributed by atoms with Crippen molar-refractivity contribution in [1.82, 2.24) is 0 Å². The Balaban J connectivity index is 3.07. The Morgan fingerprint density at radius 1 is 1.28 bits per heavy atom. The van der Waals surface area contributed by atoms with E-state index >= 15 is 0 Å². The molecule has 0 aliphatic heterocycles. The van der Waals surface area contributed by atoms with E-state index in [-0.39, 0.29) is 17.4 Å². The molecule has 98 valence electrons. The number of anilines is 1. The average Bonchev–Trinajstić information content (AvgIpc) is 2.20. The molecular weight excluding hydrogens is 230 g/mol. The second kappa shape index (κ2) is 5.67. The third-order valence-corrected chi connectivity index (χ3v) is 2.57. The first kappa shape index (κ1) is 14.2. The molecule has 0 fully saturated rings. The lowest BCUT2D eigenvalue weighted by molar-refractivity contribution is -0.116. The lowest BCUT2D eigenvalue weighted by Gasteiger charge is -2.13. The summed E-state index contributed by atoms with van der Waals surface area (Å²) in [5.74, 6) is -0.940. The number of carboxylic acid groups (broad SMARTS) is 1. The smallest absolute Gasteiger partial charge is 0.337 e. The van der Waals surface area contributed by atoms with Gasteiger partial charge in [0, 0.05) is 6.42 Å². The van der Waals surface area contributed by atoms with E-state index < -0.39 is 5.97 Å². The first-order valence-electron chi connectivity index (χ1n) is 5.95. The molecule has 1 rings (SSSR count). The molecule has 1 aromatic carbocycles. The van der Waals surface area contributed by atoms with Crippen LogP contribution in [0.15, 0.2) is 12.1 Å². The van der Waals surface area contributed by atoms with Crippen LogP contribution in [0.2, 0.25) is 0 Å². The van der Waals surface area contributed by atoms with Crippen molar-refractivity contribution in [2.75, 3.05) is 5.32 Å². The molecule has 0 radical (unpaired) electrons. The second-order valence-electron chi connectivity index (χ2n) is 4.96. The van der Waals surface area contributed by atoms with E-state index in [0.717, 1.165) is 11.1 Å². The number of nitrogens with one attached hydrogen (secondary N) is 1. The van der Waals surface area contributed by atoms with Gasteiger partial charge in [0.1, 0.15) is 0 Å². The summed E-state index contributed by atoms with van der Waals surface area (Å²) in [6.07, 6.45) is 0.381. The van der Waals surface area contributed by atoms with Crippen LogP contribution >= 0.6 is 0 Å². The first-order valence-corrected chi connectivity index (χ1v) is 5.95. The zero-order valence-corrected chi connectivity index (χ0v) is 11.2. The number of carboxylic acids is 1. The molecule has 2 N–H and O–H groups in total. The summed E-state index contributed by atoms with van der Waals surface area (Å²) in [6, 6.07) is 3.43. The van der Waals surface area contributed by atoms with Gasteiger partial charge in [-0.1, -0.05) is 19.9 Å². The topological polar surface area (TPSA) is 66.4 Å². The highest BCUT2D eigenvalue weighted by Crippen LogP contribution is 2.23. The van der Waals surface area contributed by atoms with Crippen molar-refractivity contribution in [2.45, 2.75) is 34.1 Å². The maximum atomic E-state index is 11.7. The van der Waals surface area contributed by atoms with Crippen LogP contribution in [0, 0.1) is 19.8 Å². The van der Waals surface area contributed by atoms with Gasteiger partial charge in [-0.25, -0.2) is 4.79 Å². The Kier molecular flexibility index (Phi) is 4.48. The van der Waals surface area contributed by atoms with Gasteiger partial charge in [0.15, 0.2) is 0 Å². The van der Waals surface area contributed by atoms with Gasteiger partial charge in [-0.3, -0.25) is 4.79 Å². The zero-order valence-electron chi connectivity index (χ0n) is 11.2. The zero-order chi connectivity index (χ0) is 13.9. The number of aromatic carboxylic acids is 1. The predicted molar refractivity (Wildman–Crippen MR) is 71.0 cm³/mol. The number of carbonyl (C=O) groups excluding carboxylic acids is 1. The molecule has 18 heavy (non-hydrogen) atoms. The van der Waals surface area contributed by atoms with E-state index in [1.807, 2.05) is 26.8 Å². The summed E-state index contributed by atoms with van der Waals surface area (Å²) >= 11 is 0. The molecule has 0 aliphatic carbocycles. The summed E-state index contributed by atoms with van der Waals surface area (Å²) < 4.78 is 0. The van der Waals surface area contributed by atoms with Gasteiger partial charge in [-0.2, -0.15) is 0 Å². The fraction of sp³-hybridized carbons (Fsp3) is 0.429. The number of aryl methyl sites for hydroxylation is 2. The fourth-order valence-electron chi connectivity index (χ4n) is 1.86. The summed E-state index contributed by atoms with van der Waals surface area (Å²) in [4.78, 5) is 22.9. The van der Waals surface area contributed by atoms with Crippen molar-refractivity contribution in [1.29, 1.82) is 0 Å². The Labute approximate surface area is 107 Å². The standard InChI is InChI=1S/C14H19NO3/c1-8(2)5-12(16)15-13-10(4)6-9(3)7-11(13)14(17)18/h6-8H,5H2,1-4H3,(H,15,16)(H,17,18). The van der Waals surface area contributed by atoms with Crippen molar-refractivity contribution >= 4 is 17.6 Å². The van der Waals surface area contributed by atoms with Crippen LogP contribution in [-0.4, -0.2) is 17.0 Å². The van der Waals surface area contributed by atoms with Crippen LogP contribution < -0.4 is 5.32 Å². The molecule has 4 heteroatoms. The predicted octanol–water partition coefficient (Wildman–Crippen LogP) is 2.99. The summed E-state index contributed by atoms with van der Waals surface area (Å²) in [6.45, 7) is 7.52. The van der Waals surface area contributed by atoms with Crippen molar-refractivity contribution in [3.8, 4) is 0 Å². The lowest BCUT2D eigenvalue weighted by atomic mass is 10.0. The van der Waals surface area contributed by atoms with Crippen molar-refractivity contribution in [3.05, 3.63) is 28.8 Å². The largest absolute Gasteiger partial charge is 0.478 e. The van der Waals surface area contributed by atoms with Crippen molar-refractivity contribution < 1.29 is 14.7 Å². The average molecular weight is 249 g/mol. The van der Waals surface area contributed by atoms with Crippen molar-refractivity contribution in [3.63, 3.8) is 0 Å². The number of amides is 1. The molecule has 0 heterocycles. The molecule has 0 spiro atoms. The highest BCUT2D eigenvalue weighted by Gasteiger charge is 2.16. The van der Waals surface area contributed by atoms with E-state index in [1.165, 1.54) is 0 Å². The molecule has 0 bridgehead atoms. The van der Waals surface area contributed by atoms with Gasteiger partial charge in [-0.05, 0) is 37.0 Å². The molecule has 0 saturated heterocycles. The molecular formula is C14H19NO3. The van der Waals surface area contributed by atoms with E-state index in [2.05, 4.69) is 5.32 Å². The Morgan fingerprint density at radius 2 is 1.89 bits per heavy atom. The van der Waals surface area contributed by atoms with Crippen molar-refractivity contribution in [2.24, 2.45) is 5.92 Å². The van der Waals surface area contributed by atoms with Gasteiger partial charge in [0.05, 0.1) is 11.3 Å². The van der Waals surface area contributed by atoms with Crippen LogP contribution in [0.4, 0.5) is 5.69 Å². The van der Waals surface area contributed by atoms with Crippen LogP contribution in [0.25, 0.3) is 0 Å². The highest BCUT2D eigenvalue weighted by molar-refractivity contribution is 6.01. The van der Waals surface area contributed by atoms with E-state index in [1.54, 1.807) is 13.0 Å². The quantitative estimate of drug-likeness (QED) is 0.862. The fourth-order valence-corrected chi connectivity index (χ4v) is 1.86. The maximum Gasteiger partial charge on any atom is 0.337 e. The third-order valence-electron chi connectivity index (χ3n) is 2.57. The minimum Gasteiger partial charge on any atom is -0.478 e. The number of carbonyl (C=O) groups is 2. The number of hydrogen-bond acceptors (Lipinski definition) is 2. The number of benzene rings is 1. The van der Waals surface area contributed by atoms with E-state index in [0.29, 0.717) is 12.1 Å². The maximum absolute atomic E-state index is 11.7. The SMILES string of the molecule is Cc1cc(C)c(NC(=O)CC(C)C)c(C(=O)O)c1. The van der Waals surface area contributed by atoms with Gasteiger partial charge in [0.25, 0.3) is 0 Å². The number of rotatable bonds is 4. The minimum atomic E-state index is -1.03. The second-order valence-corrected chi connectivity index (χ2v) is 4.96. The van der Waals surface area contributed by atoms with Crippen LogP contribution in [0.5, 0.6) is 0 Å². The highest BCUT2D eigenvalue weighted by atomic mass is 16.4. The van der Waals surface area contributed by atoms with E-state index in [4.69, 9.17) is 5.11 Å². The van der Waals surface area contributed by atoms with E-state index in [9.17, 15) is 9.59 Å². The van der Waals surface area contributed by atoms with Gasteiger partial charge >= 0.3 is 5.97 Å². The first-order chi connectivity index (χ1) is 8.31. The van der Waals surface area contributed by atoms with Gasteiger partial charge < -0.3 is 10.4 Å². The number of hydrogen-bond donors (Lipinski definition) is 2. The molecule has 4 nitrogen and oxygen atoms in total. The Hall–Kier alpha value is -1.84. The monoisotopic (exact) mass is 249 g/mol. The molecule has 1 aromatic rings. The van der Waals surface area contributed by atoms with Crippen LogP contribution in [-0.2, 0) is 4.79 Å². The van der Waals surface area contributed by atoms with Gasteiger partial charge in [0.2, 0.25) is 5.91 Å². The summed E-state index contributed by atoms with van der Waals surface area (Å²) in [5.41, 5.74) is 2.18. The molecule has 0 unspecified atom stereocenters. The van der Waals surface area contributed by atoms with Crippen LogP contribution in [0.3, 0.4) is 0 Å². The summed E-state index contributed by atoms with van der Waals surface area (Å²) in [5, 5.41) is 11.9. The third kappa shape index (κ3) is 3.58. The minimum absolute atomic E-state index is 0.143. The van der Waals surface area contributed by atoms with Gasteiger partial charge in [-0.15, -0.1) is 0 Å². The molecule has 1 amide bonds. The molecule has 0 aliphatic rings. The summed E-state index contributed by atoms with van der Waals surface area (Å²) in [7, 11) is 0. The molecule has 0 atom stereocenters. The molecule has 0 aromatic heterocycles. The van der Waals surface area contributed by atoms with Crippen LogP contribution in [0.1, 0.15) is 41.8 Å². The molecule has 0 saturated carbocycles. The lowest BCUT2D eigenvalue weighted by Crippen LogP contribution is -2.17.